The van der Waals surface area contributed by atoms with Gasteiger partial charge in [-0.15, -0.1) is 0 Å². The lowest BCUT2D eigenvalue weighted by atomic mass is 10.3. The third-order valence-electron chi connectivity index (χ3n) is 2.45. The van der Waals surface area contributed by atoms with Crippen LogP contribution in [0.2, 0.25) is 0 Å². The third-order valence-corrected chi connectivity index (χ3v) is 3.09. The number of pyridine rings is 1. The predicted octanol–water partition coefficient (Wildman–Crippen LogP) is 3.09. The largest absolute Gasteiger partial charge is 0.508 e. The lowest BCUT2D eigenvalue weighted by Gasteiger charge is -1.97. The first-order valence-corrected chi connectivity index (χ1v) is 5.83. The minimum Gasteiger partial charge on any atom is -0.508 e. The van der Waals surface area contributed by atoms with E-state index in [1.165, 1.54) is 0 Å². The van der Waals surface area contributed by atoms with Crippen molar-refractivity contribution in [1.29, 1.82) is 0 Å². The minimum atomic E-state index is 0.216. The number of nitrogens with zero attached hydrogens (tertiary/aromatic N) is 2. The quantitative estimate of drug-likeness (QED) is 0.724. The molecule has 0 atom stereocenters. The molecule has 2 heterocycles. The molecule has 2 aromatic heterocycles. The standard InChI is InChI=1S/C12H8BrN3O/c13-8-2-1-5-14-11(8)12-15-9-4-3-7(17)6-10(9)16-12/h1-6,17H,(H,15,16). The van der Waals surface area contributed by atoms with Gasteiger partial charge in [0.05, 0.1) is 11.0 Å². The van der Waals surface area contributed by atoms with Crippen molar-refractivity contribution in [1.82, 2.24) is 15.0 Å². The molecule has 0 aliphatic heterocycles. The van der Waals surface area contributed by atoms with Gasteiger partial charge in [-0.25, -0.2) is 4.98 Å². The zero-order chi connectivity index (χ0) is 11.8. The summed E-state index contributed by atoms with van der Waals surface area (Å²) in [5.41, 5.74) is 2.34. The molecular formula is C12H8BrN3O. The zero-order valence-corrected chi connectivity index (χ0v) is 10.3. The number of fused-ring (bicyclic) bond motifs is 1. The Morgan fingerprint density at radius 2 is 2.12 bits per heavy atom. The Hall–Kier alpha value is -1.88. The molecule has 0 fully saturated rings. The molecule has 0 saturated heterocycles. The maximum Gasteiger partial charge on any atom is 0.158 e. The summed E-state index contributed by atoms with van der Waals surface area (Å²) < 4.78 is 0.878. The number of benzene rings is 1. The van der Waals surface area contributed by atoms with Crippen LogP contribution in [0.1, 0.15) is 0 Å². The van der Waals surface area contributed by atoms with E-state index in [2.05, 4.69) is 30.9 Å². The van der Waals surface area contributed by atoms with Crippen molar-refractivity contribution in [3.63, 3.8) is 0 Å². The van der Waals surface area contributed by atoms with Crippen molar-refractivity contribution in [3.8, 4) is 17.3 Å². The average molecular weight is 290 g/mol. The van der Waals surface area contributed by atoms with Gasteiger partial charge in [-0.05, 0) is 40.2 Å². The Balaban J connectivity index is 2.22. The summed E-state index contributed by atoms with van der Waals surface area (Å²) in [6.07, 6.45) is 1.71. The second-order valence-electron chi connectivity index (χ2n) is 3.62. The van der Waals surface area contributed by atoms with Crippen molar-refractivity contribution >= 4 is 27.0 Å². The van der Waals surface area contributed by atoms with Crippen LogP contribution >= 0.6 is 15.9 Å². The molecule has 0 amide bonds. The molecule has 17 heavy (non-hydrogen) atoms. The van der Waals surface area contributed by atoms with E-state index in [0.717, 1.165) is 21.2 Å². The van der Waals surface area contributed by atoms with Crippen LogP contribution in [-0.4, -0.2) is 20.1 Å². The van der Waals surface area contributed by atoms with Gasteiger partial charge in [0.2, 0.25) is 0 Å². The second kappa shape index (κ2) is 3.85. The number of phenolic OH excluding ortho intramolecular Hbond substituents is 1. The first-order valence-electron chi connectivity index (χ1n) is 5.03. The van der Waals surface area contributed by atoms with Crippen LogP contribution in [0.5, 0.6) is 5.75 Å². The maximum atomic E-state index is 9.39. The van der Waals surface area contributed by atoms with Gasteiger partial charge in [0.15, 0.2) is 5.82 Å². The molecule has 84 valence electrons. The Bertz CT molecular complexity index is 693. The van der Waals surface area contributed by atoms with Crippen LogP contribution in [0.3, 0.4) is 0 Å². The van der Waals surface area contributed by atoms with Crippen molar-refractivity contribution in [2.24, 2.45) is 0 Å². The number of nitrogens with one attached hydrogen (secondary N) is 1. The Morgan fingerprint density at radius 1 is 1.24 bits per heavy atom. The van der Waals surface area contributed by atoms with Crippen LogP contribution in [0, 0.1) is 0 Å². The highest BCUT2D eigenvalue weighted by Crippen LogP contribution is 2.26. The van der Waals surface area contributed by atoms with E-state index >= 15 is 0 Å². The lowest BCUT2D eigenvalue weighted by molar-refractivity contribution is 0.476. The molecule has 3 aromatic rings. The fourth-order valence-electron chi connectivity index (χ4n) is 1.67. The van der Waals surface area contributed by atoms with Gasteiger partial charge < -0.3 is 10.1 Å². The van der Waals surface area contributed by atoms with Crippen LogP contribution in [0.25, 0.3) is 22.6 Å². The van der Waals surface area contributed by atoms with Crippen molar-refractivity contribution in [2.75, 3.05) is 0 Å². The molecule has 1 aromatic carbocycles. The number of hydrogen-bond donors (Lipinski definition) is 2. The minimum absolute atomic E-state index is 0.216. The van der Waals surface area contributed by atoms with Crippen LogP contribution in [0.15, 0.2) is 41.0 Å². The van der Waals surface area contributed by atoms with Gasteiger partial charge in [0, 0.05) is 16.7 Å². The highest BCUT2D eigenvalue weighted by Gasteiger charge is 2.09. The number of phenols is 1. The molecule has 0 aliphatic rings. The number of hydrogen-bond acceptors (Lipinski definition) is 3. The monoisotopic (exact) mass is 289 g/mol. The number of aromatic nitrogens is 3. The summed E-state index contributed by atoms with van der Waals surface area (Å²) in [7, 11) is 0. The normalized spacial score (nSPS) is 10.9. The van der Waals surface area contributed by atoms with E-state index in [-0.39, 0.29) is 5.75 Å². The van der Waals surface area contributed by atoms with Gasteiger partial charge in [-0.1, -0.05) is 0 Å². The highest BCUT2D eigenvalue weighted by atomic mass is 79.9. The SMILES string of the molecule is Oc1ccc2nc(-c3ncccc3Br)[nH]c2c1. The number of halogens is 1. The van der Waals surface area contributed by atoms with E-state index in [9.17, 15) is 5.11 Å². The van der Waals surface area contributed by atoms with Crippen LogP contribution in [0.4, 0.5) is 0 Å². The van der Waals surface area contributed by atoms with Crippen molar-refractivity contribution < 1.29 is 5.11 Å². The molecule has 0 radical (unpaired) electrons. The molecule has 2 N–H and O–H groups in total. The summed E-state index contributed by atoms with van der Waals surface area (Å²) in [5, 5.41) is 9.39. The first kappa shape index (κ1) is 10.3. The molecule has 0 aliphatic carbocycles. The van der Waals surface area contributed by atoms with Crippen molar-refractivity contribution in [2.45, 2.75) is 0 Å². The van der Waals surface area contributed by atoms with E-state index < -0.39 is 0 Å². The number of aromatic amines is 1. The van der Waals surface area contributed by atoms with Gasteiger partial charge in [0.1, 0.15) is 11.4 Å². The Kier molecular flexibility index (Phi) is 2.33. The van der Waals surface area contributed by atoms with E-state index in [1.807, 2.05) is 12.1 Å². The van der Waals surface area contributed by atoms with Gasteiger partial charge in [0.25, 0.3) is 0 Å². The van der Waals surface area contributed by atoms with Crippen LogP contribution in [-0.2, 0) is 0 Å². The Morgan fingerprint density at radius 3 is 2.94 bits per heavy atom. The molecule has 0 bridgehead atoms. The molecule has 0 unspecified atom stereocenters. The highest BCUT2D eigenvalue weighted by molar-refractivity contribution is 9.10. The van der Waals surface area contributed by atoms with Crippen molar-refractivity contribution in [3.05, 3.63) is 41.0 Å². The third kappa shape index (κ3) is 1.78. The summed E-state index contributed by atoms with van der Waals surface area (Å²) >= 11 is 3.43. The number of aromatic hydroxyl groups is 1. The number of H-pyrrole nitrogens is 1. The summed E-state index contributed by atoms with van der Waals surface area (Å²) in [4.78, 5) is 11.8. The fourth-order valence-corrected chi connectivity index (χ4v) is 2.11. The maximum absolute atomic E-state index is 9.39. The fraction of sp³-hybridized carbons (Fsp3) is 0. The summed E-state index contributed by atoms with van der Waals surface area (Å²) in [5.74, 6) is 0.894. The number of rotatable bonds is 1. The van der Waals surface area contributed by atoms with Gasteiger partial charge in [-0.2, -0.15) is 0 Å². The van der Waals surface area contributed by atoms with Gasteiger partial charge in [-0.3, -0.25) is 4.98 Å². The molecule has 0 spiro atoms. The lowest BCUT2D eigenvalue weighted by Crippen LogP contribution is -1.85. The predicted molar refractivity (Wildman–Crippen MR) is 68.7 cm³/mol. The molecule has 0 saturated carbocycles. The first-order chi connectivity index (χ1) is 8.24. The van der Waals surface area contributed by atoms with Crippen LogP contribution < -0.4 is 0 Å². The zero-order valence-electron chi connectivity index (χ0n) is 8.68. The second-order valence-corrected chi connectivity index (χ2v) is 4.48. The summed E-state index contributed by atoms with van der Waals surface area (Å²) in [6, 6.07) is 8.78. The van der Waals surface area contributed by atoms with E-state index in [0.29, 0.717) is 5.82 Å². The Labute approximate surface area is 105 Å². The van der Waals surface area contributed by atoms with E-state index in [4.69, 9.17) is 0 Å². The molecular weight excluding hydrogens is 282 g/mol. The molecule has 5 heteroatoms. The van der Waals surface area contributed by atoms with Gasteiger partial charge >= 0.3 is 0 Å². The topological polar surface area (TPSA) is 61.8 Å². The molecule has 4 nitrogen and oxygen atoms in total. The molecule has 3 rings (SSSR count). The average Bonchev–Trinajstić information content (AvgIpc) is 2.72. The van der Waals surface area contributed by atoms with E-state index in [1.54, 1.807) is 24.4 Å². The summed E-state index contributed by atoms with van der Waals surface area (Å²) in [6.45, 7) is 0. The number of imidazole rings is 1. The smallest absolute Gasteiger partial charge is 0.158 e.